The van der Waals surface area contributed by atoms with Crippen LogP contribution >= 0.6 is 0 Å². The number of fused-ring (bicyclic) bond motifs is 1. The fourth-order valence-electron chi connectivity index (χ4n) is 2.86. The first kappa shape index (κ1) is 25.7. The summed E-state index contributed by atoms with van der Waals surface area (Å²) in [5.74, 6) is -0.101. The van der Waals surface area contributed by atoms with Crippen LogP contribution in [0.2, 0.25) is 0 Å². The number of carbonyl (C=O) groups excluding carboxylic acids is 1. The van der Waals surface area contributed by atoms with E-state index in [1.54, 1.807) is 0 Å². The molecule has 16 heteroatoms. The highest BCUT2D eigenvalue weighted by Gasteiger charge is 2.44. The Labute approximate surface area is 178 Å². The van der Waals surface area contributed by atoms with Crippen LogP contribution in [0.15, 0.2) is 11.1 Å². The zero-order valence-corrected chi connectivity index (χ0v) is 16.4. The summed E-state index contributed by atoms with van der Waals surface area (Å²) in [7, 11) is 0. The highest BCUT2D eigenvalue weighted by molar-refractivity contribution is 5.70. The Hall–Kier alpha value is -2.54. The summed E-state index contributed by atoms with van der Waals surface area (Å²) in [5, 5.41) is 72.3. The first-order valence-electron chi connectivity index (χ1n) is 9.20. The number of aromatic amines is 1. The van der Waals surface area contributed by atoms with Crippen LogP contribution in [-0.4, -0.2) is 123 Å². The van der Waals surface area contributed by atoms with Gasteiger partial charge in [-0.05, 0) is 0 Å². The molecular weight excluding hydrogens is 438 g/mol. The lowest BCUT2D eigenvalue weighted by atomic mass is 10.0. The van der Waals surface area contributed by atoms with Gasteiger partial charge in [0.05, 0.1) is 19.5 Å². The number of aromatic nitrogens is 4. The molecule has 1 saturated heterocycles. The van der Waals surface area contributed by atoms with Gasteiger partial charge in [-0.15, -0.1) is 0 Å². The number of carbonyl (C=O) groups is 1. The highest BCUT2D eigenvalue weighted by Crippen LogP contribution is 2.30. The van der Waals surface area contributed by atoms with Crippen LogP contribution in [0.25, 0.3) is 11.2 Å². The zero-order valence-electron chi connectivity index (χ0n) is 16.4. The molecule has 0 amide bonds. The minimum atomic E-state index is -1.79. The van der Waals surface area contributed by atoms with Crippen LogP contribution in [0.1, 0.15) is 6.23 Å². The number of nitrogens with two attached hydrogens (primary N) is 1. The second kappa shape index (κ2) is 10.9. The van der Waals surface area contributed by atoms with Crippen LogP contribution in [-0.2, 0) is 9.53 Å². The van der Waals surface area contributed by atoms with E-state index in [4.69, 9.17) is 41.1 Å². The molecule has 1 aliphatic heterocycles. The molecule has 32 heavy (non-hydrogen) atoms. The van der Waals surface area contributed by atoms with Crippen molar-refractivity contribution in [2.75, 3.05) is 18.9 Å². The van der Waals surface area contributed by atoms with Crippen molar-refractivity contribution in [3.8, 4) is 0 Å². The van der Waals surface area contributed by atoms with Crippen molar-refractivity contribution in [3.05, 3.63) is 16.7 Å². The minimum Gasteiger partial charge on any atom is -0.394 e. The number of nitrogens with one attached hydrogen (secondary N) is 1. The van der Waals surface area contributed by atoms with Crippen molar-refractivity contribution in [1.29, 1.82) is 0 Å². The van der Waals surface area contributed by atoms with Gasteiger partial charge in [0.2, 0.25) is 5.95 Å². The van der Waals surface area contributed by atoms with Gasteiger partial charge in [0.1, 0.15) is 42.7 Å². The standard InChI is InChI=1S/C10H13N5O5.C6H12O6/c11-10-13-7-4(8(19)14-10)12-2-15(7)9-6(18)5(17)3(1-16)20-9;7-1-3(9)5(11)6(12)4(10)2-8/h2-3,5-6,9,16-18H,1H2,(H3,11,13,14,19);1,3-6,8-12H,2H2/t3-,5-,6-,9-;3-,4+,5+,6+/m10/s1. The lowest BCUT2D eigenvalue weighted by molar-refractivity contribution is -0.136. The Morgan fingerprint density at radius 1 is 1.19 bits per heavy atom. The van der Waals surface area contributed by atoms with Crippen molar-refractivity contribution < 1.29 is 50.4 Å². The Balaban J connectivity index is 0.000000262. The molecule has 0 aliphatic carbocycles. The van der Waals surface area contributed by atoms with Crippen LogP contribution in [0.4, 0.5) is 5.95 Å². The number of aldehydes is 1. The van der Waals surface area contributed by atoms with E-state index >= 15 is 0 Å². The Morgan fingerprint density at radius 3 is 2.38 bits per heavy atom. The third-order valence-corrected chi connectivity index (χ3v) is 4.66. The Bertz CT molecular complexity index is 952. The maximum Gasteiger partial charge on any atom is 0.280 e. The first-order chi connectivity index (χ1) is 15.1. The van der Waals surface area contributed by atoms with E-state index in [1.807, 2.05) is 0 Å². The largest absolute Gasteiger partial charge is 0.394 e. The second-order valence-corrected chi connectivity index (χ2v) is 6.86. The van der Waals surface area contributed by atoms with E-state index in [1.165, 1.54) is 10.9 Å². The third-order valence-electron chi connectivity index (χ3n) is 4.66. The van der Waals surface area contributed by atoms with Gasteiger partial charge >= 0.3 is 0 Å². The van der Waals surface area contributed by atoms with Crippen molar-refractivity contribution in [2.24, 2.45) is 0 Å². The number of hydrogen-bond donors (Lipinski definition) is 10. The molecule has 1 aliphatic rings. The summed E-state index contributed by atoms with van der Waals surface area (Å²) in [5.41, 5.74) is 5.12. The van der Waals surface area contributed by atoms with Gasteiger partial charge in [0, 0.05) is 0 Å². The van der Waals surface area contributed by atoms with Crippen molar-refractivity contribution in [2.45, 2.75) is 49.0 Å². The maximum atomic E-state index is 11.7. The van der Waals surface area contributed by atoms with Crippen molar-refractivity contribution in [1.82, 2.24) is 19.5 Å². The van der Waals surface area contributed by atoms with Crippen molar-refractivity contribution in [3.63, 3.8) is 0 Å². The predicted octanol–water partition coefficient (Wildman–Crippen LogP) is -6.07. The predicted molar refractivity (Wildman–Crippen MR) is 103 cm³/mol. The fraction of sp³-hybridized carbons (Fsp3) is 0.625. The molecule has 8 atom stereocenters. The normalized spacial score (nSPS) is 26.8. The van der Waals surface area contributed by atoms with E-state index in [0.717, 1.165) is 0 Å². The van der Waals surface area contributed by atoms with Gasteiger partial charge in [-0.25, -0.2) is 4.98 Å². The number of aliphatic hydroxyl groups is 8. The molecule has 0 spiro atoms. The molecular formula is C16H25N5O11. The number of ether oxygens (including phenoxy) is 1. The number of anilines is 1. The summed E-state index contributed by atoms with van der Waals surface area (Å²) >= 11 is 0. The molecule has 2 aromatic heterocycles. The molecule has 3 rings (SSSR count). The smallest absolute Gasteiger partial charge is 0.280 e. The van der Waals surface area contributed by atoms with Crippen LogP contribution in [0.5, 0.6) is 0 Å². The summed E-state index contributed by atoms with van der Waals surface area (Å²) < 4.78 is 6.64. The maximum absolute atomic E-state index is 11.7. The molecule has 1 fully saturated rings. The zero-order chi connectivity index (χ0) is 24.2. The van der Waals surface area contributed by atoms with E-state index < -0.39 is 67.7 Å². The van der Waals surface area contributed by atoms with E-state index in [0.29, 0.717) is 0 Å². The minimum absolute atomic E-state index is 0.0258. The average Bonchev–Trinajstić information content (AvgIpc) is 3.32. The molecule has 0 saturated carbocycles. The number of nitrogen functional groups attached to an aromatic ring is 1. The molecule has 16 nitrogen and oxygen atoms in total. The third kappa shape index (κ3) is 5.26. The number of H-pyrrole nitrogens is 1. The van der Waals surface area contributed by atoms with Gasteiger partial charge in [-0.3, -0.25) is 14.3 Å². The molecule has 3 heterocycles. The summed E-state index contributed by atoms with van der Waals surface area (Å²) in [6.45, 7) is -1.21. The molecule has 0 aromatic carbocycles. The summed E-state index contributed by atoms with van der Waals surface area (Å²) in [6.07, 6.45) is -10.1. The number of hydrogen-bond acceptors (Lipinski definition) is 14. The monoisotopic (exact) mass is 463 g/mol. The van der Waals surface area contributed by atoms with Gasteiger partial charge in [0.15, 0.2) is 23.7 Å². The number of imidazole rings is 1. The quantitative estimate of drug-likeness (QED) is 0.171. The molecule has 2 aromatic rings. The highest BCUT2D eigenvalue weighted by atomic mass is 16.6. The van der Waals surface area contributed by atoms with Crippen LogP contribution in [0, 0.1) is 0 Å². The van der Waals surface area contributed by atoms with Gasteiger partial charge < -0.3 is 56.1 Å². The summed E-state index contributed by atoms with van der Waals surface area (Å²) in [6, 6.07) is 0. The van der Waals surface area contributed by atoms with E-state index in [2.05, 4.69) is 15.0 Å². The molecule has 0 unspecified atom stereocenters. The Kier molecular flexibility index (Phi) is 8.73. The average molecular weight is 463 g/mol. The van der Waals surface area contributed by atoms with Crippen molar-refractivity contribution >= 4 is 23.4 Å². The lowest BCUT2D eigenvalue weighted by Crippen LogP contribution is -2.46. The Morgan fingerprint density at radius 2 is 1.84 bits per heavy atom. The fourth-order valence-corrected chi connectivity index (χ4v) is 2.86. The van der Waals surface area contributed by atoms with Gasteiger partial charge in [0.25, 0.3) is 5.56 Å². The number of nitrogens with zero attached hydrogens (tertiary/aromatic N) is 3. The lowest BCUT2D eigenvalue weighted by Gasteiger charge is -2.22. The SMILES string of the molecule is Nc1nc2c(ncn2[C@@H]2O[C@H](CO)[C@@H](O)[C@H]2O)c(=O)[nH]1.O=C[C@H](O)[C@@H](O)[C@H](O)[C@H](O)CO. The first-order valence-corrected chi connectivity index (χ1v) is 9.20. The number of rotatable bonds is 7. The van der Waals surface area contributed by atoms with Gasteiger partial charge in [-0.2, -0.15) is 4.98 Å². The second-order valence-electron chi connectivity index (χ2n) is 6.86. The molecule has 180 valence electrons. The number of aliphatic hydroxyl groups excluding tert-OH is 8. The summed E-state index contributed by atoms with van der Waals surface area (Å²) in [4.78, 5) is 31.7. The van der Waals surface area contributed by atoms with Crippen LogP contribution < -0.4 is 11.3 Å². The molecule has 11 N–H and O–H groups in total. The topological polar surface area (TPSA) is 278 Å². The molecule has 0 bridgehead atoms. The molecule has 0 radical (unpaired) electrons. The van der Waals surface area contributed by atoms with E-state index in [9.17, 15) is 19.8 Å². The van der Waals surface area contributed by atoms with Gasteiger partial charge in [-0.1, -0.05) is 0 Å². The van der Waals surface area contributed by atoms with Crippen LogP contribution in [0.3, 0.4) is 0 Å². The van der Waals surface area contributed by atoms with E-state index in [-0.39, 0.29) is 23.4 Å².